The third-order valence-corrected chi connectivity index (χ3v) is 0.421. The average Bonchev–Trinajstić information content (AvgIpc) is 1.36. The predicted octanol–water partition coefficient (Wildman–Crippen LogP) is -0.714. The topological polar surface area (TPSA) is 43.1 Å². The molecule has 36 valence electrons. The Morgan fingerprint density at radius 1 is 1.50 bits per heavy atom. The van der Waals surface area contributed by atoms with Gasteiger partial charge >= 0.3 is 0 Å². The zero-order valence-electron chi connectivity index (χ0n) is 5.69. The Bertz CT molecular complexity index is 80.0. The van der Waals surface area contributed by atoms with Crippen LogP contribution in [0.2, 0.25) is 0 Å². The summed E-state index contributed by atoms with van der Waals surface area (Å²) in [6.07, 6.45) is 0. The van der Waals surface area contributed by atoms with Crippen LogP contribution in [-0.2, 0) is 4.79 Å². The Kier molecular flexibility index (Phi) is 20.0. The Morgan fingerprint density at radius 3 is 1.62 bits per heavy atom. The van der Waals surface area contributed by atoms with Crippen molar-refractivity contribution in [3.63, 3.8) is 0 Å². The van der Waals surface area contributed by atoms with E-state index in [4.69, 9.17) is 5.73 Å². The summed E-state index contributed by atoms with van der Waals surface area (Å²) >= 11 is 0. The van der Waals surface area contributed by atoms with Gasteiger partial charge in [0.25, 0.3) is 0 Å². The van der Waals surface area contributed by atoms with Gasteiger partial charge in [-0.25, -0.2) is 0 Å². The fraction of sp³-hybridized carbons (Fsp3) is 0.250. The van der Waals surface area contributed by atoms with Crippen molar-refractivity contribution in [2.75, 3.05) is 0 Å². The van der Waals surface area contributed by atoms with Crippen LogP contribution >= 0.6 is 0 Å². The van der Waals surface area contributed by atoms with Crippen LogP contribution in [0.3, 0.4) is 0 Å². The summed E-state index contributed by atoms with van der Waals surface area (Å²) in [5, 5.41) is 0. The molecule has 0 aromatic rings. The molecule has 0 aliphatic heterocycles. The molecule has 2 radical (unpaired) electrons. The van der Waals surface area contributed by atoms with Crippen LogP contribution in [0, 0.1) is 0 Å². The summed E-state index contributed by atoms with van der Waals surface area (Å²) in [5.74, 6) is -0.435. The van der Waals surface area contributed by atoms with E-state index in [1.807, 2.05) is 0 Å². The molecule has 8 heavy (non-hydrogen) atoms. The molecule has 0 heterocycles. The van der Waals surface area contributed by atoms with Crippen LogP contribution in [0.5, 0.6) is 0 Å². The molecule has 0 aliphatic carbocycles. The predicted molar refractivity (Wildman–Crippen MR) is 35.5 cm³/mol. The number of hydrogen-bond acceptors (Lipinski definition) is 1. The van der Waals surface area contributed by atoms with E-state index in [1.54, 1.807) is 6.92 Å². The summed E-state index contributed by atoms with van der Waals surface area (Å²) in [6, 6.07) is 0. The van der Waals surface area contributed by atoms with Crippen LogP contribution in [0.1, 0.15) is 6.92 Å². The van der Waals surface area contributed by atoms with Crippen molar-refractivity contribution >= 4 is 109 Å². The van der Waals surface area contributed by atoms with E-state index >= 15 is 0 Å². The van der Waals surface area contributed by atoms with Gasteiger partial charge in [-0.15, -0.1) is 0 Å². The number of amides is 1. The van der Waals surface area contributed by atoms with Gasteiger partial charge in [0.15, 0.2) is 0 Å². The molecule has 0 aliphatic rings. The second-order valence-corrected chi connectivity index (χ2v) is 1.14. The first-order valence-electron chi connectivity index (χ1n) is 1.60. The number of carbonyl (C=O) groups excluding carboxylic acids is 1. The number of carbonyl (C=O) groups is 1. The van der Waals surface area contributed by atoms with Crippen molar-refractivity contribution in [3.05, 3.63) is 12.2 Å². The maximum atomic E-state index is 9.82. The van der Waals surface area contributed by atoms with Crippen LogP contribution < -0.4 is 5.73 Å². The summed E-state index contributed by atoms with van der Waals surface area (Å²) in [7, 11) is 0. The Balaban J connectivity index is -0.000000125. The Labute approximate surface area is 134 Å². The van der Waals surface area contributed by atoms with Gasteiger partial charge in [0, 0.05) is 108 Å². The summed E-state index contributed by atoms with van der Waals surface area (Å²) in [4.78, 5) is 9.82. The van der Waals surface area contributed by atoms with Gasteiger partial charge < -0.3 is 5.73 Å². The minimum atomic E-state index is -0.435. The molecule has 0 bridgehead atoms. The molecule has 0 atom stereocenters. The Hall–Kier alpha value is 2.48. The smallest absolute Gasteiger partial charge is 0.243 e. The number of rotatable bonds is 1. The van der Waals surface area contributed by atoms with E-state index in [-0.39, 0.29) is 103 Å². The fourth-order valence-corrected chi connectivity index (χ4v) is 0. The van der Waals surface area contributed by atoms with Gasteiger partial charge in [0.2, 0.25) is 5.91 Å². The van der Waals surface area contributed by atoms with Gasteiger partial charge in [0.1, 0.15) is 0 Å². The minimum absolute atomic E-state index is 0. The van der Waals surface area contributed by atoms with Crippen LogP contribution in [-0.4, -0.2) is 109 Å². The molecule has 0 aromatic heterocycles. The number of nitrogens with two attached hydrogens (primary N) is 1. The molecule has 0 saturated heterocycles. The van der Waals surface area contributed by atoms with Crippen molar-refractivity contribution in [1.82, 2.24) is 0 Å². The molecular formula is C4H7K2NO. The molecule has 2 nitrogen and oxygen atoms in total. The second-order valence-electron chi connectivity index (χ2n) is 1.14. The van der Waals surface area contributed by atoms with Gasteiger partial charge in [0.05, 0.1) is 0 Å². The van der Waals surface area contributed by atoms with Crippen LogP contribution in [0.25, 0.3) is 0 Å². The monoisotopic (exact) mass is 163 g/mol. The first-order chi connectivity index (χ1) is 2.64. The van der Waals surface area contributed by atoms with E-state index < -0.39 is 5.91 Å². The average molecular weight is 163 g/mol. The summed E-state index contributed by atoms with van der Waals surface area (Å²) in [5.41, 5.74) is 5.09. The molecule has 4 heteroatoms. The van der Waals surface area contributed by atoms with Crippen LogP contribution in [0.15, 0.2) is 12.2 Å². The zero-order valence-corrected chi connectivity index (χ0v) is 11.9. The standard InChI is InChI=1S/C4H7NO.2K/c1-3(2)4(5)6;;/h1H2,2H3,(H2,5,6);;. The third kappa shape index (κ3) is 11.3. The van der Waals surface area contributed by atoms with Crippen molar-refractivity contribution in [1.29, 1.82) is 0 Å². The first-order valence-corrected chi connectivity index (χ1v) is 1.60. The second kappa shape index (κ2) is 9.48. The molecule has 0 spiro atoms. The van der Waals surface area contributed by atoms with Crippen LogP contribution in [0.4, 0.5) is 0 Å². The third-order valence-electron chi connectivity index (χ3n) is 0.421. The first kappa shape index (κ1) is 16.8. The molecule has 2 N–H and O–H groups in total. The number of hydrogen-bond donors (Lipinski definition) is 1. The van der Waals surface area contributed by atoms with Crippen molar-refractivity contribution in [2.24, 2.45) is 5.73 Å². The molecule has 1 amide bonds. The van der Waals surface area contributed by atoms with E-state index in [9.17, 15) is 4.79 Å². The molecule has 0 fully saturated rings. The largest absolute Gasteiger partial charge is 0.366 e. The molecule has 0 saturated carbocycles. The molecule has 0 unspecified atom stereocenters. The maximum absolute atomic E-state index is 9.82. The molecular weight excluding hydrogens is 156 g/mol. The SMILES string of the molecule is C=C(C)C(N)=O.[K].[K]. The summed E-state index contributed by atoms with van der Waals surface area (Å²) < 4.78 is 0. The fourth-order valence-electron chi connectivity index (χ4n) is 0. The molecule has 0 aromatic carbocycles. The van der Waals surface area contributed by atoms with Gasteiger partial charge in [-0.3, -0.25) is 4.79 Å². The van der Waals surface area contributed by atoms with E-state index in [1.165, 1.54) is 0 Å². The quantitative estimate of drug-likeness (QED) is 0.402. The Morgan fingerprint density at radius 2 is 1.62 bits per heavy atom. The van der Waals surface area contributed by atoms with Crippen molar-refractivity contribution in [3.8, 4) is 0 Å². The molecule has 0 rings (SSSR count). The number of primary amides is 1. The maximum Gasteiger partial charge on any atom is 0.243 e. The van der Waals surface area contributed by atoms with Gasteiger partial charge in [-0.1, -0.05) is 6.58 Å². The van der Waals surface area contributed by atoms with Gasteiger partial charge in [-0.2, -0.15) is 0 Å². The minimum Gasteiger partial charge on any atom is -0.366 e. The van der Waals surface area contributed by atoms with E-state index in [0.29, 0.717) is 5.57 Å². The zero-order chi connectivity index (χ0) is 5.15. The van der Waals surface area contributed by atoms with Gasteiger partial charge in [-0.05, 0) is 6.92 Å². The van der Waals surface area contributed by atoms with E-state index in [0.717, 1.165) is 0 Å². The van der Waals surface area contributed by atoms with Crippen molar-refractivity contribution in [2.45, 2.75) is 6.92 Å². The normalized spacial score (nSPS) is 5.62. The summed E-state index contributed by atoms with van der Waals surface area (Å²) in [6.45, 7) is 4.85. The van der Waals surface area contributed by atoms with Crippen molar-refractivity contribution < 1.29 is 4.79 Å². The van der Waals surface area contributed by atoms with E-state index in [2.05, 4.69) is 6.58 Å².